The molecule has 2 aromatic rings. The first-order chi connectivity index (χ1) is 13.4. The molecule has 0 fully saturated rings. The molecule has 0 bridgehead atoms. The van der Waals surface area contributed by atoms with Crippen LogP contribution in [0.25, 0.3) is 0 Å². The number of methoxy groups -OCH3 is 1. The van der Waals surface area contributed by atoms with Gasteiger partial charge >= 0.3 is 6.03 Å². The quantitative estimate of drug-likeness (QED) is 0.445. The number of carbonyl (C=O) groups excluding carboxylic acids is 3. The normalized spacial score (nSPS) is 12.5. The molecule has 3 rings (SSSR count). The van der Waals surface area contributed by atoms with Crippen LogP contribution in [0, 0.1) is 10.1 Å². The van der Waals surface area contributed by atoms with Gasteiger partial charge in [0.2, 0.25) is 0 Å². The average molecular weight is 384 g/mol. The molecule has 10 nitrogen and oxygen atoms in total. The van der Waals surface area contributed by atoms with Gasteiger partial charge in [0.25, 0.3) is 17.5 Å². The minimum absolute atomic E-state index is 0.00810. The Morgan fingerprint density at radius 3 is 2.36 bits per heavy atom. The van der Waals surface area contributed by atoms with Gasteiger partial charge in [0.1, 0.15) is 5.75 Å². The van der Waals surface area contributed by atoms with E-state index in [1.807, 2.05) is 0 Å². The van der Waals surface area contributed by atoms with E-state index in [4.69, 9.17) is 4.74 Å². The van der Waals surface area contributed by atoms with Crippen LogP contribution >= 0.6 is 0 Å². The van der Waals surface area contributed by atoms with E-state index in [2.05, 4.69) is 10.6 Å². The molecule has 4 amide bonds. The number of nitrogens with one attached hydrogen (secondary N) is 2. The van der Waals surface area contributed by atoms with E-state index in [1.165, 1.54) is 25.3 Å². The molecule has 0 radical (unpaired) electrons. The molecule has 0 spiro atoms. The smallest absolute Gasteiger partial charge is 0.319 e. The maximum atomic E-state index is 12.3. The van der Waals surface area contributed by atoms with E-state index in [-0.39, 0.29) is 30.2 Å². The number of urea groups is 1. The number of hydrogen-bond donors (Lipinski definition) is 2. The Hall–Kier alpha value is -3.95. The van der Waals surface area contributed by atoms with Crippen LogP contribution in [-0.4, -0.2) is 47.9 Å². The van der Waals surface area contributed by atoms with E-state index in [0.717, 1.165) is 4.90 Å². The molecule has 1 aliphatic heterocycles. The van der Waals surface area contributed by atoms with Crippen molar-refractivity contribution in [2.24, 2.45) is 0 Å². The Labute approximate surface area is 159 Å². The van der Waals surface area contributed by atoms with Gasteiger partial charge in [-0.15, -0.1) is 0 Å². The van der Waals surface area contributed by atoms with Crippen molar-refractivity contribution in [1.82, 2.24) is 10.2 Å². The van der Waals surface area contributed by atoms with Crippen molar-refractivity contribution in [3.05, 3.63) is 63.7 Å². The van der Waals surface area contributed by atoms with Gasteiger partial charge in [0, 0.05) is 25.2 Å². The van der Waals surface area contributed by atoms with Gasteiger partial charge in [-0.2, -0.15) is 0 Å². The minimum Gasteiger partial charge on any atom is -0.495 e. The molecule has 0 unspecified atom stereocenters. The molecule has 1 heterocycles. The molecule has 144 valence electrons. The van der Waals surface area contributed by atoms with Gasteiger partial charge in [0.15, 0.2) is 0 Å². The van der Waals surface area contributed by atoms with Gasteiger partial charge in [0.05, 0.1) is 28.8 Å². The third kappa shape index (κ3) is 3.61. The molecule has 1 aliphatic rings. The third-order valence-corrected chi connectivity index (χ3v) is 4.14. The SMILES string of the molecule is COc1ccc([N+](=O)[O-])cc1NC(=O)NCCN1C(=O)c2ccccc2C1=O. The lowest BCUT2D eigenvalue weighted by Gasteiger charge is -2.15. The summed E-state index contributed by atoms with van der Waals surface area (Å²) in [6.07, 6.45) is 0. The standard InChI is InChI=1S/C18H16N4O6/c1-28-15-7-6-11(22(26)27)10-14(15)20-18(25)19-8-9-21-16(23)12-4-2-3-5-13(12)17(21)24/h2-7,10H,8-9H2,1H3,(H2,19,20,25). The first kappa shape index (κ1) is 18.8. The van der Waals surface area contributed by atoms with Gasteiger partial charge < -0.3 is 15.4 Å². The highest BCUT2D eigenvalue weighted by molar-refractivity contribution is 6.21. The predicted octanol–water partition coefficient (Wildman–Crippen LogP) is 2.02. The Morgan fingerprint density at radius 1 is 1.14 bits per heavy atom. The highest BCUT2D eigenvalue weighted by Gasteiger charge is 2.34. The summed E-state index contributed by atoms with van der Waals surface area (Å²) < 4.78 is 5.07. The monoisotopic (exact) mass is 384 g/mol. The average Bonchev–Trinajstić information content (AvgIpc) is 2.93. The van der Waals surface area contributed by atoms with Crippen LogP contribution in [0.1, 0.15) is 20.7 Å². The van der Waals surface area contributed by atoms with Crippen LogP contribution in [0.3, 0.4) is 0 Å². The predicted molar refractivity (Wildman–Crippen MR) is 98.5 cm³/mol. The topological polar surface area (TPSA) is 131 Å². The van der Waals surface area contributed by atoms with Crippen molar-refractivity contribution in [2.75, 3.05) is 25.5 Å². The van der Waals surface area contributed by atoms with E-state index < -0.39 is 22.8 Å². The number of rotatable bonds is 6. The molecular weight excluding hydrogens is 368 g/mol. The van der Waals surface area contributed by atoms with Crippen molar-refractivity contribution in [3.63, 3.8) is 0 Å². The number of amides is 4. The number of nitro groups is 1. The minimum atomic E-state index is -0.657. The molecule has 0 aromatic heterocycles. The first-order valence-corrected chi connectivity index (χ1v) is 8.25. The number of imide groups is 1. The van der Waals surface area contributed by atoms with E-state index >= 15 is 0 Å². The Morgan fingerprint density at radius 2 is 1.79 bits per heavy atom. The van der Waals surface area contributed by atoms with Crippen molar-refractivity contribution in [3.8, 4) is 5.75 Å². The largest absolute Gasteiger partial charge is 0.495 e. The fourth-order valence-electron chi connectivity index (χ4n) is 2.80. The van der Waals surface area contributed by atoms with Crippen molar-refractivity contribution in [2.45, 2.75) is 0 Å². The number of ether oxygens (including phenoxy) is 1. The summed E-state index contributed by atoms with van der Waals surface area (Å²) >= 11 is 0. The summed E-state index contributed by atoms with van der Waals surface area (Å²) in [6.45, 7) is 0.000380. The van der Waals surface area contributed by atoms with Crippen molar-refractivity contribution < 1.29 is 24.0 Å². The summed E-state index contributed by atoms with van der Waals surface area (Å²) in [6, 6.07) is 9.63. The molecule has 2 aromatic carbocycles. The lowest BCUT2D eigenvalue weighted by Crippen LogP contribution is -2.39. The van der Waals surface area contributed by atoms with E-state index in [0.29, 0.717) is 11.1 Å². The highest BCUT2D eigenvalue weighted by Crippen LogP contribution is 2.28. The van der Waals surface area contributed by atoms with E-state index in [9.17, 15) is 24.5 Å². The van der Waals surface area contributed by atoms with Gasteiger partial charge in [-0.3, -0.25) is 24.6 Å². The fourth-order valence-corrected chi connectivity index (χ4v) is 2.80. The summed E-state index contributed by atoms with van der Waals surface area (Å²) in [5.41, 5.74) is 0.577. The Balaban J connectivity index is 1.59. The summed E-state index contributed by atoms with van der Waals surface area (Å²) in [5.74, 6) is -0.576. The second kappa shape index (κ2) is 7.74. The second-order valence-electron chi connectivity index (χ2n) is 5.83. The zero-order valence-electron chi connectivity index (χ0n) is 14.8. The van der Waals surface area contributed by atoms with Gasteiger partial charge in [-0.05, 0) is 18.2 Å². The number of carbonyl (C=O) groups is 3. The molecule has 0 saturated carbocycles. The molecule has 28 heavy (non-hydrogen) atoms. The van der Waals surface area contributed by atoms with Crippen LogP contribution in [0.4, 0.5) is 16.2 Å². The summed E-state index contributed by atoms with van der Waals surface area (Å²) in [4.78, 5) is 47.9. The number of nitro benzene ring substituents is 1. The molecule has 0 atom stereocenters. The molecular formula is C18H16N4O6. The molecule has 0 aliphatic carbocycles. The lowest BCUT2D eigenvalue weighted by molar-refractivity contribution is -0.384. The van der Waals surface area contributed by atoms with Crippen LogP contribution < -0.4 is 15.4 Å². The lowest BCUT2D eigenvalue weighted by atomic mass is 10.1. The first-order valence-electron chi connectivity index (χ1n) is 8.25. The fraction of sp³-hybridized carbons (Fsp3) is 0.167. The van der Waals surface area contributed by atoms with Crippen LogP contribution in [0.2, 0.25) is 0 Å². The second-order valence-corrected chi connectivity index (χ2v) is 5.83. The van der Waals surface area contributed by atoms with Gasteiger partial charge in [-0.25, -0.2) is 4.79 Å². The third-order valence-electron chi connectivity index (χ3n) is 4.14. The van der Waals surface area contributed by atoms with Crippen LogP contribution in [0.5, 0.6) is 5.75 Å². The number of anilines is 1. The zero-order valence-corrected chi connectivity index (χ0v) is 14.8. The Kier molecular flexibility index (Phi) is 5.21. The Bertz CT molecular complexity index is 939. The summed E-state index contributed by atoms with van der Waals surface area (Å²) in [5, 5.41) is 15.8. The number of nitrogens with zero attached hydrogens (tertiary/aromatic N) is 2. The number of hydrogen-bond acceptors (Lipinski definition) is 6. The summed E-state index contributed by atoms with van der Waals surface area (Å²) in [7, 11) is 1.37. The molecule has 2 N–H and O–H groups in total. The maximum absolute atomic E-state index is 12.3. The number of fused-ring (bicyclic) bond motifs is 1. The van der Waals surface area contributed by atoms with Crippen LogP contribution in [-0.2, 0) is 0 Å². The van der Waals surface area contributed by atoms with Gasteiger partial charge in [-0.1, -0.05) is 12.1 Å². The van der Waals surface area contributed by atoms with E-state index in [1.54, 1.807) is 24.3 Å². The zero-order chi connectivity index (χ0) is 20.3. The van der Waals surface area contributed by atoms with Crippen LogP contribution in [0.15, 0.2) is 42.5 Å². The highest BCUT2D eigenvalue weighted by atomic mass is 16.6. The number of non-ortho nitro benzene ring substituents is 1. The molecule has 10 heteroatoms. The number of benzene rings is 2. The van der Waals surface area contributed by atoms with Crippen molar-refractivity contribution in [1.29, 1.82) is 0 Å². The maximum Gasteiger partial charge on any atom is 0.319 e. The van der Waals surface area contributed by atoms with Crippen molar-refractivity contribution >= 4 is 29.2 Å². The molecule has 0 saturated heterocycles.